The minimum Gasteiger partial charge on any atom is -0.458 e. The third kappa shape index (κ3) is 3.97. The summed E-state index contributed by atoms with van der Waals surface area (Å²) >= 11 is 0. The molecule has 2 aliphatic heterocycles. The van der Waals surface area contributed by atoms with E-state index in [1.54, 1.807) is 0 Å². The summed E-state index contributed by atoms with van der Waals surface area (Å²) in [5.41, 5.74) is 15.2. The van der Waals surface area contributed by atoms with Gasteiger partial charge in [-0.1, -0.05) is 120 Å². The monoisotopic (exact) mass is 593 g/mol. The highest BCUT2D eigenvalue weighted by Gasteiger charge is 2.41. The molecule has 0 bridgehead atoms. The van der Waals surface area contributed by atoms with Gasteiger partial charge in [0.2, 0.25) is 0 Å². The van der Waals surface area contributed by atoms with Gasteiger partial charge in [-0.25, -0.2) is 0 Å². The van der Waals surface area contributed by atoms with Crippen LogP contribution in [0.25, 0.3) is 49.7 Å². The van der Waals surface area contributed by atoms with Gasteiger partial charge in [-0.05, 0) is 97.5 Å². The van der Waals surface area contributed by atoms with Crippen molar-refractivity contribution in [2.75, 3.05) is 0 Å². The van der Waals surface area contributed by atoms with E-state index in [0.717, 1.165) is 11.5 Å². The molecule has 0 fully saturated rings. The highest BCUT2D eigenvalue weighted by molar-refractivity contribution is 6.99. The third-order valence-electron chi connectivity index (χ3n) is 10.2. The van der Waals surface area contributed by atoms with Gasteiger partial charge in [-0.15, -0.1) is 0 Å². The lowest BCUT2D eigenvalue weighted by atomic mass is 9.34. The van der Waals surface area contributed by atoms with Crippen molar-refractivity contribution in [1.82, 2.24) is 4.57 Å². The molecule has 0 saturated carbocycles. The zero-order valence-corrected chi connectivity index (χ0v) is 27.1. The summed E-state index contributed by atoms with van der Waals surface area (Å²) in [7, 11) is 0. The Morgan fingerprint density at radius 2 is 1.30 bits per heavy atom. The molecular weight excluding hydrogens is 557 g/mol. The lowest BCUT2D eigenvalue weighted by Crippen LogP contribution is -2.58. The lowest BCUT2D eigenvalue weighted by Gasteiger charge is -2.35. The second-order valence-corrected chi connectivity index (χ2v) is 14.4. The third-order valence-corrected chi connectivity index (χ3v) is 10.2. The summed E-state index contributed by atoms with van der Waals surface area (Å²) in [5.74, 6) is 2.33. The van der Waals surface area contributed by atoms with Crippen molar-refractivity contribution < 1.29 is 4.74 Å². The van der Waals surface area contributed by atoms with Crippen LogP contribution in [0.2, 0.25) is 0 Å². The van der Waals surface area contributed by atoms with E-state index >= 15 is 0 Å². The molecule has 1 aromatic heterocycles. The van der Waals surface area contributed by atoms with Crippen LogP contribution in [0.15, 0.2) is 121 Å². The van der Waals surface area contributed by atoms with Crippen molar-refractivity contribution in [2.45, 2.75) is 46.0 Å². The molecule has 3 heteroatoms. The summed E-state index contributed by atoms with van der Waals surface area (Å²) in [6.45, 7) is 11.4. The predicted octanol–water partition coefficient (Wildman–Crippen LogP) is 9.47. The quantitative estimate of drug-likeness (QED) is 0.186. The number of fused-ring (bicyclic) bond motifs is 7. The van der Waals surface area contributed by atoms with Gasteiger partial charge in [0.15, 0.2) is 0 Å². The van der Waals surface area contributed by atoms with Gasteiger partial charge in [0.25, 0.3) is 6.71 Å². The van der Waals surface area contributed by atoms with Crippen LogP contribution in [-0.4, -0.2) is 11.3 Å². The lowest BCUT2D eigenvalue weighted by molar-refractivity contribution is 0.482. The smallest absolute Gasteiger partial charge is 0.256 e. The van der Waals surface area contributed by atoms with E-state index in [9.17, 15) is 0 Å². The summed E-state index contributed by atoms with van der Waals surface area (Å²) in [6.07, 6.45) is 0. The maximum atomic E-state index is 6.93. The van der Waals surface area contributed by atoms with E-state index in [2.05, 4.69) is 161 Å². The van der Waals surface area contributed by atoms with Crippen LogP contribution in [0.5, 0.6) is 11.5 Å². The van der Waals surface area contributed by atoms with Crippen molar-refractivity contribution in [3.63, 3.8) is 0 Å². The minimum absolute atomic E-state index is 0.0273. The molecule has 0 unspecified atom stereocenters. The first-order valence-corrected chi connectivity index (χ1v) is 16.5. The van der Waals surface area contributed by atoms with Crippen LogP contribution in [0, 0.1) is 0 Å². The fraction of sp³-hybridized carbons (Fsp3) is 0.163. The van der Waals surface area contributed by atoms with Crippen molar-refractivity contribution in [3.8, 4) is 39.4 Å². The average Bonchev–Trinajstić information content (AvgIpc) is 3.40. The first-order valence-electron chi connectivity index (χ1n) is 16.5. The zero-order chi connectivity index (χ0) is 31.3. The Morgan fingerprint density at radius 3 is 2.00 bits per heavy atom. The largest absolute Gasteiger partial charge is 0.458 e. The topological polar surface area (TPSA) is 14.2 Å². The molecular formula is C43H36BNO. The predicted molar refractivity (Wildman–Crippen MR) is 196 cm³/mol. The molecule has 0 spiro atoms. The number of aromatic nitrogens is 1. The maximum absolute atomic E-state index is 6.93. The van der Waals surface area contributed by atoms with Crippen molar-refractivity contribution in [3.05, 3.63) is 132 Å². The number of nitrogens with zero attached hydrogens (tertiary/aromatic N) is 1. The molecule has 0 radical (unpaired) electrons. The first-order chi connectivity index (χ1) is 22.3. The van der Waals surface area contributed by atoms with Crippen molar-refractivity contribution in [1.29, 1.82) is 0 Å². The second-order valence-electron chi connectivity index (χ2n) is 14.4. The van der Waals surface area contributed by atoms with Crippen LogP contribution < -0.4 is 21.1 Å². The number of rotatable bonds is 3. The van der Waals surface area contributed by atoms with Gasteiger partial charge in [0, 0.05) is 22.0 Å². The van der Waals surface area contributed by atoms with E-state index in [1.165, 1.54) is 77.3 Å². The van der Waals surface area contributed by atoms with Gasteiger partial charge in [0.1, 0.15) is 11.5 Å². The maximum Gasteiger partial charge on any atom is 0.256 e. The fourth-order valence-corrected chi connectivity index (χ4v) is 7.71. The van der Waals surface area contributed by atoms with Gasteiger partial charge in [0.05, 0.1) is 5.52 Å². The fourth-order valence-electron chi connectivity index (χ4n) is 7.71. The normalized spacial score (nSPS) is 13.2. The molecule has 0 atom stereocenters. The van der Waals surface area contributed by atoms with E-state index in [1.807, 2.05) is 0 Å². The summed E-state index contributed by atoms with van der Waals surface area (Å²) in [4.78, 5) is 0. The Labute approximate surface area is 271 Å². The van der Waals surface area contributed by atoms with Crippen molar-refractivity contribution >= 4 is 44.9 Å². The molecule has 2 aliphatic rings. The van der Waals surface area contributed by atoms with Crippen LogP contribution in [0.3, 0.4) is 0 Å². The number of hydrogen-bond donors (Lipinski definition) is 0. The average molecular weight is 594 g/mol. The summed E-state index contributed by atoms with van der Waals surface area (Å²) in [6, 6.07) is 45.1. The number of ether oxygens (including phenoxy) is 1. The molecule has 7 aromatic rings. The molecule has 3 heterocycles. The SMILES string of the molecule is CC(C)c1cc2c3c(c1)-n1c4ccc(-c5ccccc5)cc4c4cc(-c5ccccc5)cc(c41)B3c1ccc(C(C)(C)C)cc1O2. The standard InChI is InChI=1S/C43H36BNO/c1-26(2)30-23-38-41-40(24-30)46-39-25-32(43(3,4)5)17-18-35(39)44(41)36-22-31(28-14-10-7-11-15-28)21-34-33-20-29(27-12-8-6-9-13-27)16-19-37(33)45(38)42(34)36/h6-26H,1-5H3. The Hall–Kier alpha value is -5.02. The highest BCUT2D eigenvalue weighted by Crippen LogP contribution is 2.42. The molecule has 46 heavy (non-hydrogen) atoms. The van der Waals surface area contributed by atoms with Crippen LogP contribution in [0.1, 0.15) is 51.7 Å². The van der Waals surface area contributed by atoms with E-state index in [4.69, 9.17) is 4.74 Å². The van der Waals surface area contributed by atoms with Crippen molar-refractivity contribution in [2.24, 2.45) is 0 Å². The Bertz CT molecular complexity index is 2340. The molecule has 0 amide bonds. The summed E-state index contributed by atoms with van der Waals surface area (Å²) in [5, 5.41) is 2.58. The molecule has 0 saturated heterocycles. The zero-order valence-electron chi connectivity index (χ0n) is 27.1. The Kier molecular flexibility index (Phi) is 5.78. The van der Waals surface area contributed by atoms with Gasteiger partial charge in [-0.3, -0.25) is 0 Å². The van der Waals surface area contributed by atoms with Crippen LogP contribution in [0.4, 0.5) is 0 Å². The molecule has 0 N–H and O–H groups in total. The van der Waals surface area contributed by atoms with E-state index in [-0.39, 0.29) is 12.1 Å². The molecule has 9 rings (SSSR count). The number of hydrogen-bond acceptors (Lipinski definition) is 1. The van der Waals surface area contributed by atoms with Gasteiger partial charge >= 0.3 is 0 Å². The molecule has 2 nitrogen and oxygen atoms in total. The van der Waals surface area contributed by atoms with Crippen LogP contribution >= 0.6 is 0 Å². The first kappa shape index (κ1) is 27.3. The summed E-state index contributed by atoms with van der Waals surface area (Å²) < 4.78 is 9.46. The van der Waals surface area contributed by atoms with Gasteiger partial charge < -0.3 is 9.30 Å². The van der Waals surface area contributed by atoms with E-state index < -0.39 is 0 Å². The Morgan fingerprint density at radius 1 is 0.609 bits per heavy atom. The second kappa shape index (κ2) is 9.74. The molecule has 0 aliphatic carbocycles. The van der Waals surface area contributed by atoms with E-state index in [0.29, 0.717) is 5.92 Å². The van der Waals surface area contributed by atoms with Crippen LogP contribution in [-0.2, 0) is 5.41 Å². The Balaban J connectivity index is 1.43. The van der Waals surface area contributed by atoms with Gasteiger partial charge in [-0.2, -0.15) is 0 Å². The minimum atomic E-state index is 0.0273. The molecule has 222 valence electrons. The number of benzene rings is 6. The highest BCUT2D eigenvalue weighted by atomic mass is 16.5. The molecule has 6 aromatic carbocycles.